The van der Waals surface area contributed by atoms with Crippen molar-refractivity contribution < 1.29 is 78.0 Å². The molecule has 0 unspecified atom stereocenters. The molecule has 103 heavy (non-hydrogen) atoms. The SMILES string of the molecule is C.C.CC1=C[C@H]2[C@@]3(O)[C@H](C)C[C@]4(OC(=O)C5CC6(C5)CN(C(=O)OC(C)(C)C)C6)[C@H]([C@@H]3C=C(CO)C[C@]2(O)C1=O)C4(C)C.CC1=C[C@H]2[C@@]3(O)[C@H](C)C[C@]4(OC(=O)C5CC6(C5)CN(C(=O)OC(C)(C)C)C6)[C@H]([C@@H]3C=C(COC(c3ccccc3)(c3ccccc3)c3ccccc3)C[C@]2(O)C1=O)C4(C)C. The van der Waals surface area contributed by atoms with E-state index in [1.165, 1.54) is 0 Å². The fourth-order valence-corrected chi connectivity index (χ4v) is 21.9. The number of nitrogens with zero attached hydrogens (tertiary/aromatic N) is 2. The normalized spacial score (nSPS) is 35.7. The van der Waals surface area contributed by atoms with E-state index in [-0.39, 0.29) is 111 Å². The highest BCUT2D eigenvalue weighted by Gasteiger charge is 2.85. The molecule has 0 bridgehead atoms. The number of likely N-dealkylation sites (tertiary alicyclic amines) is 2. The first kappa shape index (κ1) is 75.9. The monoisotopic (exact) mass is 1420 g/mol. The lowest BCUT2D eigenvalue weighted by atomic mass is 9.57. The summed E-state index contributed by atoms with van der Waals surface area (Å²) in [6.45, 7) is 28.8. The molecule has 2 heterocycles. The summed E-state index contributed by atoms with van der Waals surface area (Å²) in [5.74, 6) is -5.82. The van der Waals surface area contributed by atoms with Crippen molar-refractivity contribution in [1.29, 1.82) is 0 Å². The number of Topliss-reactive ketones (excluding diaryl/α,β-unsaturated/α-hetero) is 2. The fourth-order valence-electron chi connectivity index (χ4n) is 21.9. The third-order valence-corrected chi connectivity index (χ3v) is 26.9. The molecule has 2 amide bonds. The van der Waals surface area contributed by atoms with E-state index in [1.54, 1.807) is 35.8 Å². The number of ketones is 2. The van der Waals surface area contributed by atoms with E-state index in [0.29, 0.717) is 87.0 Å². The van der Waals surface area contributed by atoms with Gasteiger partial charge in [-0.1, -0.05) is 172 Å². The highest BCUT2D eigenvalue weighted by atomic mass is 16.6. The molecule has 14 atom stereocenters. The lowest BCUT2D eigenvalue weighted by Crippen LogP contribution is -2.65. The Morgan fingerprint density at radius 3 is 1.17 bits per heavy atom. The van der Waals surface area contributed by atoms with Crippen molar-refractivity contribution in [3.63, 3.8) is 0 Å². The quantitative estimate of drug-likeness (QED) is 0.0517. The molecule has 18 heteroatoms. The summed E-state index contributed by atoms with van der Waals surface area (Å²) in [7, 11) is 0. The second-order valence-electron chi connectivity index (χ2n) is 36.3. The van der Waals surface area contributed by atoms with Gasteiger partial charge >= 0.3 is 24.1 Å². The number of rotatable bonds is 11. The first-order valence-corrected chi connectivity index (χ1v) is 36.7. The van der Waals surface area contributed by atoms with Crippen LogP contribution in [0.15, 0.2) is 138 Å². The Balaban J connectivity index is 0.000000204. The third-order valence-electron chi connectivity index (χ3n) is 26.9. The zero-order chi connectivity index (χ0) is 72.8. The Bertz CT molecular complexity index is 3910. The zero-order valence-electron chi connectivity index (χ0n) is 61.3. The van der Waals surface area contributed by atoms with Gasteiger partial charge in [-0.05, 0) is 145 Å². The number of ether oxygens (including phenoxy) is 5. The number of hydrogen-bond donors (Lipinski definition) is 5. The molecular weight excluding hydrogens is 1300 g/mol. The molecule has 18 nitrogen and oxygen atoms in total. The molecule has 0 aromatic heterocycles. The van der Waals surface area contributed by atoms with Crippen molar-refractivity contribution in [3.8, 4) is 0 Å². The number of esters is 2. The maximum atomic E-state index is 14.1. The first-order valence-electron chi connectivity index (χ1n) is 36.7. The summed E-state index contributed by atoms with van der Waals surface area (Å²) < 4.78 is 31.5. The molecule has 2 aliphatic heterocycles. The van der Waals surface area contributed by atoms with Crippen LogP contribution in [-0.4, -0.2) is 155 Å². The molecular formula is C85H112N2O16. The number of hydrogen-bond acceptors (Lipinski definition) is 16. The minimum Gasteiger partial charge on any atom is -0.458 e. The van der Waals surface area contributed by atoms with Crippen LogP contribution in [0.4, 0.5) is 9.59 Å². The van der Waals surface area contributed by atoms with Gasteiger partial charge in [0.25, 0.3) is 0 Å². The third kappa shape index (κ3) is 11.4. The van der Waals surface area contributed by atoms with Crippen LogP contribution in [0.1, 0.15) is 180 Å². The molecule has 15 rings (SSSR count). The van der Waals surface area contributed by atoms with Crippen molar-refractivity contribution in [2.45, 2.75) is 214 Å². The van der Waals surface area contributed by atoms with Crippen LogP contribution in [-0.2, 0) is 48.5 Å². The zero-order valence-corrected chi connectivity index (χ0v) is 61.3. The van der Waals surface area contributed by atoms with Gasteiger partial charge < -0.3 is 59.0 Å². The first-order chi connectivity index (χ1) is 47.1. The van der Waals surface area contributed by atoms with Gasteiger partial charge in [0.05, 0.1) is 36.3 Å². The number of aliphatic hydroxyl groups is 5. The summed E-state index contributed by atoms with van der Waals surface area (Å²) in [5.41, 5.74) is -6.65. The van der Waals surface area contributed by atoms with E-state index < -0.39 is 96.6 Å². The van der Waals surface area contributed by atoms with E-state index in [1.807, 2.05) is 116 Å². The molecule has 3 aromatic rings. The Morgan fingerprint density at radius 1 is 0.505 bits per heavy atom. The van der Waals surface area contributed by atoms with Crippen LogP contribution >= 0.6 is 0 Å². The van der Waals surface area contributed by atoms with Gasteiger partial charge in [-0.3, -0.25) is 19.2 Å². The van der Waals surface area contributed by atoms with Gasteiger partial charge in [0, 0.05) is 96.2 Å². The lowest BCUT2D eigenvalue weighted by molar-refractivity contribution is -0.196. The summed E-state index contributed by atoms with van der Waals surface area (Å²) in [4.78, 5) is 83.3. The highest BCUT2D eigenvalue weighted by Crippen LogP contribution is 2.79. The number of benzene rings is 3. The van der Waals surface area contributed by atoms with E-state index in [2.05, 4.69) is 70.2 Å². The van der Waals surface area contributed by atoms with Gasteiger partial charge in [-0.25, -0.2) is 9.59 Å². The molecule has 8 fully saturated rings. The minimum absolute atomic E-state index is 0. The van der Waals surface area contributed by atoms with Gasteiger partial charge in [-0.2, -0.15) is 0 Å². The van der Waals surface area contributed by atoms with Crippen LogP contribution in [0.25, 0.3) is 0 Å². The van der Waals surface area contributed by atoms with E-state index >= 15 is 0 Å². The molecule has 2 spiro atoms. The highest BCUT2D eigenvalue weighted by molar-refractivity contribution is 6.05. The summed E-state index contributed by atoms with van der Waals surface area (Å²) >= 11 is 0. The topological polar surface area (TPSA) is 256 Å². The van der Waals surface area contributed by atoms with Crippen molar-refractivity contribution in [3.05, 3.63) is 154 Å². The number of carbonyl (C=O) groups excluding carboxylic acids is 6. The van der Waals surface area contributed by atoms with Gasteiger partial charge in [0.15, 0.2) is 11.6 Å². The molecule has 6 saturated carbocycles. The fraction of sp³-hybridized carbons (Fsp3) is 0.624. The molecule has 5 N–H and O–H groups in total. The number of amides is 2. The molecule has 10 aliphatic carbocycles. The predicted octanol–water partition coefficient (Wildman–Crippen LogP) is 12.6. The molecule has 0 radical (unpaired) electrons. The maximum Gasteiger partial charge on any atom is 0.410 e. The van der Waals surface area contributed by atoms with Crippen molar-refractivity contribution in [1.82, 2.24) is 9.80 Å². The average Bonchev–Trinajstić information content (AvgIpc) is 1.48. The molecule has 3 aromatic carbocycles. The van der Waals surface area contributed by atoms with Crippen LogP contribution in [0.2, 0.25) is 0 Å². The Kier molecular flexibility index (Phi) is 18.3. The number of fused-ring (bicyclic) bond motifs is 10. The largest absolute Gasteiger partial charge is 0.458 e. The summed E-state index contributed by atoms with van der Waals surface area (Å²) in [5, 5.41) is 60.2. The average molecular weight is 1420 g/mol. The number of aliphatic hydroxyl groups excluding tert-OH is 1. The van der Waals surface area contributed by atoms with Crippen molar-refractivity contribution in [2.24, 2.45) is 80.8 Å². The minimum atomic E-state index is -1.88. The Labute approximate surface area is 608 Å². The van der Waals surface area contributed by atoms with Crippen LogP contribution in [0.5, 0.6) is 0 Å². The van der Waals surface area contributed by atoms with Gasteiger partial charge in [-0.15, -0.1) is 0 Å². The second kappa shape index (κ2) is 24.9. The van der Waals surface area contributed by atoms with Crippen LogP contribution < -0.4 is 0 Å². The van der Waals surface area contributed by atoms with Crippen LogP contribution in [0.3, 0.4) is 0 Å². The Hall–Kier alpha value is -6.80. The van der Waals surface area contributed by atoms with Crippen molar-refractivity contribution >= 4 is 35.7 Å². The van der Waals surface area contributed by atoms with Gasteiger partial charge in [0.1, 0.15) is 39.2 Å². The van der Waals surface area contributed by atoms with E-state index in [9.17, 15) is 54.3 Å². The summed E-state index contributed by atoms with van der Waals surface area (Å²) in [6.07, 6.45) is 10.2. The summed E-state index contributed by atoms with van der Waals surface area (Å²) in [6, 6.07) is 30.3. The maximum absolute atomic E-state index is 14.1. The predicted molar refractivity (Wildman–Crippen MR) is 388 cm³/mol. The van der Waals surface area contributed by atoms with E-state index in [0.717, 1.165) is 16.7 Å². The molecule has 558 valence electrons. The smallest absolute Gasteiger partial charge is 0.410 e. The molecule has 12 aliphatic rings. The van der Waals surface area contributed by atoms with Crippen molar-refractivity contribution in [2.75, 3.05) is 39.4 Å². The van der Waals surface area contributed by atoms with Gasteiger partial charge in [0.2, 0.25) is 0 Å². The second-order valence-corrected chi connectivity index (χ2v) is 36.3. The standard InChI is InChI=1S/C51H59NO8.C32H45NO8.2CH4/c1-32-23-40-48(56,42(32)53)26-34(29-58-51(36-17-11-8-12-18-36,37-19-13-9-14-20-37)38-21-15-10-16-22-38)24-39-41-46(6,7)49(41,25-33(2)50(39,40)57)59-43(54)35-27-47(28-35)30-52(31-47)44(55)60-45(3,4)5;1-17-8-22-30(38,24(17)35)11-19(14-34)9-21-23-28(6,7)31(23,10-18(2)32(21,22)39)40-25(36)20-12-29(13-20)15-33(16-29)26(37)41-27(3,4)5;;/h8-24,33,35,39-41,56-57H,25-31H2,1-7H3;8-9,18,20-23,34,38-39H,10-16H2,1-7H3;2*1H4/t33-,39+,40-,41-,48-,49+,50-;18-,21+,22-,23-,30-,31+,32-;;/m11../s1. The van der Waals surface area contributed by atoms with E-state index in [4.69, 9.17) is 23.7 Å². The number of carbonyl (C=O) groups is 6. The van der Waals surface area contributed by atoms with Crippen LogP contribution in [0, 0.1) is 80.8 Å². The Morgan fingerprint density at radius 2 is 0.835 bits per heavy atom. The molecule has 2 saturated heterocycles. The lowest BCUT2D eigenvalue weighted by Gasteiger charge is -2.58.